The van der Waals surface area contributed by atoms with Crippen LogP contribution in [-0.2, 0) is 23.6 Å². The molecule has 0 spiro atoms. The van der Waals surface area contributed by atoms with E-state index in [9.17, 15) is 8.42 Å². The van der Waals surface area contributed by atoms with Gasteiger partial charge in [0.05, 0.1) is 22.7 Å². The molecule has 2 aromatic rings. The van der Waals surface area contributed by atoms with Gasteiger partial charge in [0.2, 0.25) is 10.0 Å². The summed E-state index contributed by atoms with van der Waals surface area (Å²) in [4.78, 5) is 0.151. The Bertz CT molecular complexity index is 772. The quantitative estimate of drug-likeness (QED) is 0.912. The molecule has 0 aliphatic heterocycles. The van der Waals surface area contributed by atoms with Gasteiger partial charge in [0.1, 0.15) is 0 Å². The molecule has 0 radical (unpaired) electrons. The maximum absolute atomic E-state index is 12.1. The van der Waals surface area contributed by atoms with E-state index in [1.165, 1.54) is 18.2 Å². The molecule has 0 atom stereocenters. The zero-order valence-electron chi connectivity index (χ0n) is 11.2. The molecule has 104 valence electrons. The normalized spacial score (nSPS) is 11.2. The maximum Gasteiger partial charge on any atom is 0.240 e. The summed E-state index contributed by atoms with van der Waals surface area (Å²) in [6, 6.07) is 6.43. The van der Waals surface area contributed by atoms with E-state index >= 15 is 0 Å². The van der Waals surface area contributed by atoms with Crippen molar-refractivity contribution in [2.45, 2.75) is 18.4 Å². The number of hydrogen-bond acceptors (Lipinski definition) is 4. The van der Waals surface area contributed by atoms with Crippen molar-refractivity contribution in [1.82, 2.24) is 14.5 Å². The molecular formula is C13H14N4O2S. The molecule has 1 aromatic heterocycles. The standard InChI is InChI=1S/C13H14N4O2S/c1-10-5-13(4-3-12(10)6-14)20(18,19)16-8-11-7-15-17(2)9-11/h3-5,7,9,16H,8H2,1-2H3. The third-order valence-corrected chi connectivity index (χ3v) is 4.25. The number of hydrogen-bond donors (Lipinski definition) is 1. The molecule has 0 saturated heterocycles. The molecule has 0 saturated carbocycles. The summed E-state index contributed by atoms with van der Waals surface area (Å²) in [5.41, 5.74) is 1.88. The number of nitrogens with zero attached hydrogens (tertiary/aromatic N) is 3. The van der Waals surface area contributed by atoms with Crippen LogP contribution in [0.5, 0.6) is 0 Å². The highest BCUT2D eigenvalue weighted by Gasteiger charge is 2.15. The molecule has 7 heteroatoms. The van der Waals surface area contributed by atoms with Crippen molar-refractivity contribution in [3.05, 3.63) is 47.3 Å². The van der Waals surface area contributed by atoms with E-state index in [0.717, 1.165) is 5.56 Å². The molecule has 20 heavy (non-hydrogen) atoms. The lowest BCUT2D eigenvalue weighted by atomic mass is 10.1. The minimum atomic E-state index is -3.59. The first kappa shape index (κ1) is 14.2. The first-order chi connectivity index (χ1) is 9.42. The Kier molecular flexibility index (Phi) is 3.88. The summed E-state index contributed by atoms with van der Waals surface area (Å²) in [6.07, 6.45) is 3.35. The van der Waals surface area contributed by atoms with Crippen LogP contribution in [0.25, 0.3) is 0 Å². The molecule has 0 fully saturated rings. The average Bonchev–Trinajstić information content (AvgIpc) is 2.82. The molecule has 1 aromatic carbocycles. The summed E-state index contributed by atoms with van der Waals surface area (Å²) in [7, 11) is -1.83. The number of nitrogens with one attached hydrogen (secondary N) is 1. The molecule has 0 amide bonds. The van der Waals surface area contributed by atoms with E-state index in [1.54, 1.807) is 31.0 Å². The molecule has 0 bridgehead atoms. The first-order valence-corrected chi connectivity index (χ1v) is 7.38. The number of benzene rings is 1. The van der Waals surface area contributed by atoms with Gasteiger partial charge in [-0.3, -0.25) is 4.68 Å². The minimum Gasteiger partial charge on any atom is -0.275 e. The van der Waals surface area contributed by atoms with Crippen molar-refractivity contribution < 1.29 is 8.42 Å². The van der Waals surface area contributed by atoms with Crippen LogP contribution in [0.3, 0.4) is 0 Å². The van der Waals surface area contributed by atoms with Gasteiger partial charge in [0.15, 0.2) is 0 Å². The molecule has 0 aliphatic carbocycles. The van der Waals surface area contributed by atoms with Gasteiger partial charge in [-0.25, -0.2) is 13.1 Å². The van der Waals surface area contributed by atoms with E-state index in [2.05, 4.69) is 9.82 Å². The van der Waals surface area contributed by atoms with Gasteiger partial charge in [-0.15, -0.1) is 0 Å². The Morgan fingerprint density at radius 3 is 2.75 bits per heavy atom. The Morgan fingerprint density at radius 1 is 1.45 bits per heavy atom. The van der Waals surface area contributed by atoms with Gasteiger partial charge in [-0.2, -0.15) is 10.4 Å². The summed E-state index contributed by atoms with van der Waals surface area (Å²) in [6.45, 7) is 1.88. The Labute approximate surface area is 117 Å². The molecular weight excluding hydrogens is 276 g/mol. The lowest BCUT2D eigenvalue weighted by molar-refractivity contribution is 0.581. The zero-order valence-corrected chi connectivity index (χ0v) is 12.0. The molecule has 1 heterocycles. The largest absolute Gasteiger partial charge is 0.275 e. The molecule has 0 unspecified atom stereocenters. The minimum absolute atomic E-state index is 0.151. The van der Waals surface area contributed by atoms with Crippen molar-refractivity contribution >= 4 is 10.0 Å². The fourth-order valence-electron chi connectivity index (χ4n) is 1.75. The van der Waals surface area contributed by atoms with Crippen molar-refractivity contribution in [3.8, 4) is 6.07 Å². The van der Waals surface area contributed by atoms with E-state index in [4.69, 9.17) is 5.26 Å². The zero-order chi connectivity index (χ0) is 14.8. The number of aryl methyl sites for hydroxylation is 2. The van der Waals surface area contributed by atoms with Crippen LogP contribution in [0.1, 0.15) is 16.7 Å². The summed E-state index contributed by atoms with van der Waals surface area (Å²) >= 11 is 0. The third-order valence-electron chi connectivity index (χ3n) is 2.85. The first-order valence-electron chi connectivity index (χ1n) is 5.90. The third kappa shape index (κ3) is 3.04. The second-order valence-corrected chi connectivity index (χ2v) is 6.20. The highest BCUT2D eigenvalue weighted by atomic mass is 32.2. The van der Waals surface area contributed by atoms with Gasteiger partial charge >= 0.3 is 0 Å². The predicted molar refractivity (Wildman–Crippen MR) is 73.1 cm³/mol. The van der Waals surface area contributed by atoms with E-state index in [0.29, 0.717) is 11.1 Å². The number of rotatable bonds is 4. The number of sulfonamides is 1. The molecule has 2 rings (SSSR count). The molecule has 1 N–H and O–H groups in total. The van der Waals surface area contributed by atoms with Crippen molar-refractivity contribution in [3.63, 3.8) is 0 Å². The Morgan fingerprint density at radius 2 is 2.20 bits per heavy atom. The van der Waals surface area contributed by atoms with Crippen LogP contribution in [0.15, 0.2) is 35.5 Å². The molecule has 6 nitrogen and oxygen atoms in total. The van der Waals surface area contributed by atoms with Crippen LogP contribution >= 0.6 is 0 Å². The summed E-state index contributed by atoms with van der Waals surface area (Å²) < 4.78 is 28.4. The SMILES string of the molecule is Cc1cc(S(=O)(=O)NCc2cnn(C)c2)ccc1C#N. The Hall–Kier alpha value is -2.17. The second-order valence-electron chi connectivity index (χ2n) is 4.44. The van der Waals surface area contributed by atoms with Crippen molar-refractivity contribution in [2.24, 2.45) is 7.05 Å². The highest BCUT2D eigenvalue weighted by molar-refractivity contribution is 7.89. The van der Waals surface area contributed by atoms with Gasteiger partial charge in [-0.1, -0.05) is 0 Å². The van der Waals surface area contributed by atoms with Gasteiger partial charge in [0.25, 0.3) is 0 Å². The monoisotopic (exact) mass is 290 g/mol. The maximum atomic E-state index is 12.1. The lowest BCUT2D eigenvalue weighted by Gasteiger charge is -2.07. The van der Waals surface area contributed by atoms with Gasteiger partial charge in [0, 0.05) is 25.4 Å². The molecule has 0 aliphatic rings. The number of aromatic nitrogens is 2. The van der Waals surface area contributed by atoms with Crippen molar-refractivity contribution in [1.29, 1.82) is 5.26 Å². The van der Waals surface area contributed by atoms with Crippen LogP contribution in [0.4, 0.5) is 0 Å². The second kappa shape index (κ2) is 5.45. The number of nitriles is 1. The van der Waals surface area contributed by atoms with Crippen LogP contribution < -0.4 is 4.72 Å². The summed E-state index contributed by atoms with van der Waals surface area (Å²) in [5.74, 6) is 0. The fraction of sp³-hybridized carbons (Fsp3) is 0.231. The summed E-state index contributed by atoms with van der Waals surface area (Å²) in [5, 5.41) is 12.8. The smallest absolute Gasteiger partial charge is 0.240 e. The Balaban J connectivity index is 2.18. The highest BCUT2D eigenvalue weighted by Crippen LogP contribution is 2.15. The van der Waals surface area contributed by atoms with Crippen LogP contribution in [0.2, 0.25) is 0 Å². The van der Waals surface area contributed by atoms with Gasteiger partial charge in [-0.05, 0) is 30.7 Å². The van der Waals surface area contributed by atoms with E-state index in [1.807, 2.05) is 6.07 Å². The predicted octanol–water partition coefficient (Wildman–Crippen LogP) is 1.08. The van der Waals surface area contributed by atoms with Gasteiger partial charge < -0.3 is 0 Å². The van der Waals surface area contributed by atoms with E-state index in [-0.39, 0.29) is 11.4 Å². The van der Waals surface area contributed by atoms with Crippen LogP contribution in [0, 0.1) is 18.3 Å². The van der Waals surface area contributed by atoms with Crippen molar-refractivity contribution in [2.75, 3.05) is 0 Å². The van der Waals surface area contributed by atoms with E-state index < -0.39 is 10.0 Å². The van der Waals surface area contributed by atoms with Crippen LogP contribution in [-0.4, -0.2) is 18.2 Å². The average molecular weight is 290 g/mol. The lowest BCUT2D eigenvalue weighted by Crippen LogP contribution is -2.23. The topological polar surface area (TPSA) is 87.8 Å². The fourth-order valence-corrected chi connectivity index (χ4v) is 2.86.